The number of ether oxygens (including phenoxy) is 1. The van der Waals surface area contributed by atoms with Gasteiger partial charge in [0, 0.05) is 6.04 Å². The monoisotopic (exact) mass is 323 g/mol. The highest BCUT2D eigenvalue weighted by atomic mass is 32.2. The van der Waals surface area contributed by atoms with Crippen LogP contribution in [0.4, 0.5) is 4.39 Å². The molecule has 0 fully saturated rings. The van der Waals surface area contributed by atoms with Gasteiger partial charge in [0.25, 0.3) is 0 Å². The molecule has 0 amide bonds. The van der Waals surface area contributed by atoms with Gasteiger partial charge in [0.15, 0.2) is 0 Å². The second kappa shape index (κ2) is 6.46. The molecular formula is C16H18FNO3S. The highest BCUT2D eigenvalue weighted by Gasteiger charge is 2.19. The van der Waals surface area contributed by atoms with Crippen molar-refractivity contribution >= 4 is 10.0 Å². The number of hydrogen-bond donors (Lipinski definition) is 1. The Hall–Kier alpha value is -1.92. The van der Waals surface area contributed by atoms with Crippen molar-refractivity contribution in [2.75, 3.05) is 7.11 Å². The first-order valence-corrected chi connectivity index (χ1v) is 8.24. The van der Waals surface area contributed by atoms with Crippen molar-refractivity contribution < 1.29 is 17.5 Å². The van der Waals surface area contributed by atoms with E-state index in [-0.39, 0.29) is 4.90 Å². The molecule has 1 N–H and O–H groups in total. The van der Waals surface area contributed by atoms with Gasteiger partial charge < -0.3 is 4.74 Å². The SMILES string of the molecule is COc1ccc([C@H](C)NS(=O)(=O)c2ccc(F)c(C)c2)cc1. The van der Waals surface area contributed by atoms with Gasteiger partial charge in [-0.2, -0.15) is 0 Å². The number of nitrogens with one attached hydrogen (secondary N) is 1. The van der Waals surface area contributed by atoms with Crippen LogP contribution in [0.3, 0.4) is 0 Å². The molecule has 0 aromatic heterocycles. The van der Waals surface area contributed by atoms with Crippen molar-refractivity contribution in [2.24, 2.45) is 0 Å². The van der Waals surface area contributed by atoms with Crippen molar-refractivity contribution in [3.63, 3.8) is 0 Å². The first kappa shape index (κ1) is 16.5. The van der Waals surface area contributed by atoms with Crippen LogP contribution in [0.25, 0.3) is 0 Å². The molecule has 6 heteroatoms. The predicted molar refractivity (Wildman–Crippen MR) is 82.9 cm³/mol. The zero-order chi connectivity index (χ0) is 16.3. The fraction of sp³-hybridized carbons (Fsp3) is 0.250. The summed E-state index contributed by atoms with van der Waals surface area (Å²) in [5.74, 6) is 0.273. The summed E-state index contributed by atoms with van der Waals surface area (Å²) in [6, 6.07) is 10.4. The quantitative estimate of drug-likeness (QED) is 0.919. The number of rotatable bonds is 5. The summed E-state index contributed by atoms with van der Waals surface area (Å²) in [5, 5.41) is 0. The second-order valence-corrected chi connectivity index (χ2v) is 6.74. The Morgan fingerprint density at radius 3 is 2.32 bits per heavy atom. The number of aryl methyl sites for hydroxylation is 1. The largest absolute Gasteiger partial charge is 0.497 e. The van der Waals surface area contributed by atoms with E-state index in [1.54, 1.807) is 38.3 Å². The lowest BCUT2D eigenvalue weighted by Crippen LogP contribution is -2.27. The molecule has 2 rings (SSSR count). The van der Waals surface area contributed by atoms with E-state index in [0.717, 1.165) is 11.6 Å². The molecular weight excluding hydrogens is 305 g/mol. The van der Waals surface area contributed by atoms with Crippen molar-refractivity contribution in [3.8, 4) is 5.75 Å². The molecule has 0 radical (unpaired) electrons. The Balaban J connectivity index is 2.21. The van der Waals surface area contributed by atoms with E-state index in [4.69, 9.17) is 4.74 Å². The molecule has 22 heavy (non-hydrogen) atoms. The van der Waals surface area contributed by atoms with Crippen LogP contribution in [-0.4, -0.2) is 15.5 Å². The molecule has 0 saturated carbocycles. The molecule has 118 valence electrons. The minimum absolute atomic E-state index is 0.0479. The van der Waals surface area contributed by atoms with Gasteiger partial charge in [0.1, 0.15) is 11.6 Å². The minimum atomic E-state index is -3.71. The van der Waals surface area contributed by atoms with Crippen LogP contribution < -0.4 is 9.46 Å². The maximum atomic E-state index is 13.3. The molecule has 0 spiro atoms. The van der Waals surface area contributed by atoms with Crippen LogP contribution in [0.5, 0.6) is 5.75 Å². The Labute approximate surface area is 130 Å². The smallest absolute Gasteiger partial charge is 0.241 e. The first-order valence-electron chi connectivity index (χ1n) is 6.76. The molecule has 0 aliphatic carbocycles. The summed E-state index contributed by atoms with van der Waals surface area (Å²) in [6.45, 7) is 3.27. The normalized spacial score (nSPS) is 12.9. The van der Waals surface area contributed by atoms with Crippen LogP contribution in [-0.2, 0) is 10.0 Å². The van der Waals surface area contributed by atoms with Crippen LogP contribution >= 0.6 is 0 Å². The van der Waals surface area contributed by atoms with Gasteiger partial charge in [-0.05, 0) is 55.3 Å². The maximum Gasteiger partial charge on any atom is 0.241 e. The van der Waals surface area contributed by atoms with E-state index in [9.17, 15) is 12.8 Å². The van der Waals surface area contributed by atoms with E-state index in [0.29, 0.717) is 11.3 Å². The van der Waals surface area contributed by atoms with Crippen LogP contribution in [0.1, 0.15) is 24.1 Å². The van der Waals surface area contributed by atoms with Crippen molar-refractivity contribution in [2.45, 2.75) is 24.8 Å². The Kier molecular flexibility index (Phi) is 4.83. The fourth-order valence-electron chi connectivity index (χ4n) is 2.05. The van der Waals surface area contributed by atoms with E-state index >= 15 is 0 Å². The molecule has 4 nitrogen and oxygen atoms in total. The molecule has 0 heterocycles. The van der Waals surface area contributed by atoms with Gasteiger partial charge in [-0.15, -0.1) is 0 Å². The average molecular weight is 323 g/mol. The van der Waals surface area contributed by atoms with Crippen LogP contribution in [0, 0.1) is 12.7 Å². The first-order chi connectivity index (χ1) is 10.3. The Morgan fingerprint density at radius 2 is 1.77 bits per heavy atom. The highest BCUT2D eigenvalue weighted by molar-refractivity contribution is 7.89. The Bertz CT molecular complexity index is 757. The third kappa shape index (κ3) is 3.64. The number of halogens is 1. The molecule has 2 aromatic rings. The van der Waals surface area contributed by atoms with Gasteiger partial charge in [0.05, 0.1) is 12.0 Å². The van der Waals surface area contributed by atoms with Gasteiger partial charge in [-0.3, -0.25) is 0 Å². The molecule has 0 saturated heterocycles. The van der Waals surface area contributed by atoms with E-state index < -0.39 is 21.9 Å². The molecule has 0 aliphatic heterocycles. The summed E-state index contributed by atoms with van der Waals surface area (Å²) < 4.78 is 45.6. The lowest BCUT2D eigenvalue weighted by Gasteiger charge is -2.15. The number of benzene rings is 2. The average Bonchev–Trinajstić information content (AvgIpc) is 2.49. The predicted octanol–water partition coefficient (Wildman–Crippen LogP) is 3.18. The summed E-state index contributed by atoms with van der Waals surface area (Å²) in [5.41, 5.74) is 1.10. The number of sulfonamides is 1. The standard InChI is InChI=1S/C16H18FNO3S/c1-11-10-15(8-9-16(11)17)22(19,20)18-12(2)13-4-6-14(21-3)7-5-13/h4-10,12,18H,1-3H3/t12-/m0/s1. The zero-order valence-electron chi connectivity index (χ0n) is 12.6. The molecule has 0 aliphatic rings. The van der Waals surface area contributed by atoms with Gasteiger partial charge >= 0.3 is 0 Å². The van der Waals surface area contributed by atoms with Crippen LogP contribution in [0.2, 0.25) is 0 Å². The molecule has 1 atom stereocenters. The van der Waals surface area contributed by atoms with Crippen molar-refractivity contribution in [1.29, 1.82) is 0 Å². The number of methoxy groups -OCH3 is 1. The summed E-state index contributed by atoms with van der Waals surface area (Å²) >= 11 is 0. The summed E-state index contributed by atoms with van der Waals surface area (Å²) in [4.78, 5) is 0.0479. The van der Waals surface area contributed by atoms with Gasteiger partial charge in [0.2, 0.25) is 10.0 Å². The fourth-order valence-corrected chi connectivity index (χ4v) is 3.36. The van der Waals surface area contributed by atoms with Crippen molar-refractivity contribution in [1.82, 2.24) is 4.72 Å². The minimum Gasteiger partial charge on any atom is -0.497 e. The van der Waals surface area contributed by atoms with Crippen molar-refractivity contribution in [3.05, 3.63) is 59.4 Å². The highest BCUT2D eigenvalue weighted by Crippen LogP contribution is 2.20. The molecule has 0 unspecified atom stereocenters. The second-order valence-electron chi connectivity index (χ2n) is 5.03. The third-order valence-corrected chi connectivity index (χ3v) is 4.93. The Morgan fingerprint density at radius 1 is 1.14 bits per heavy atom. The van der Waals surface area contributed by atoms with Gasteiger partial charge in [-0.1, -0.05) is 12.1 Å². The van der Waals surface area contributed by atoms with Crippen LogP contribution in [0.15, 0.2) is 47.4 Å². The lowest BCUT2D eigenvalue weighted by atomic mass is 10.1. The number of hydrogen-bond acceptors (Lipinski definition) is 3. The van der Waals surface area contributed by atoms with Gasteiger partial charge in [-0.25, -0.2) is 17.5 Å². The summed E-state index contributed by atoms with van der Waals surface area (Å²) in [7, 11) is -2.14. The summed E-state index contributed by atoms with van der Waals surface area (Å²) in [6.07, 6.45) is 0. The topological polar surface area (TPSA) is 55.4 Å². The molecule has 2 aromatic carbocycles. The van der Waals surface area contributed by atoms with E-state index in [2.05, 4.69) is 4.72 Å². The van der Waals surface area contributed by atoms with E-state index in [1.165, 1.54) is 19.1 Å². The lowest BCUT2D eigenvalue weighted by molar-refractivity contribution is 0.414. The zero-order valence-corrected chi connectivity index (χ0v) is 13.4. The molecule has 0 bridgehead atoms. The maximum absolute atomic E-state index is 13.3. The third-order valence-electron chi connectivity index (χ3n) is 3.39. The van der Waals surface area contributed by atoms with E-state index in [1.807, 2.05) is 0 Å².